The lowest BCUT2D eigenvalue weighted by Gasteiger charge is -2.38. The van der Waals surface area contributed by atoms with Crippen molar-refractivity contribution in [2.75, 3.05) is 6.54 Å². The third kappa shape index (κ3) is 2.41. The van der Waals surface area contributed by atoms with Gasteiger partial charge >= 0.3 is 0 Å². The Balaban J connectivity index is 2.07. The highest BCUT2D eigenvalue weighted by molar-refractivity contribution is 5.80. The van der Waals surface area contributed by atoms with E-state index < -0.39 is 0 Å². The molecule has 6 atom stereocenters. The van der Waals surface area contributed by atoms with Crippen molar-refractivity contribution >= 4 is 5.91 Å². The molecule has 2 heterocycles. The molecule has 0 aromatic carbocycles. The van der Waals surface area contributed by atoms with Gasteiger partial charge in [-0.15, -0.1) is 0 Å². The highest BCUT2D eigenvalue weighted by Gasteiger charge is 2.44. The number of nitrogens with two attached hydrogens (primary N) is 1. The number of rotatable bonds is 1. The van der Waals surface area contributed by atoms with Gasteiger partial charge in [-0.25, -0.2) is 0 Å². The number of carbonyl (C=O) groups excluding carboxylic acids is 1. The molecule has 0 bridgehead atoms. The summed E-state index contributed by atoms with van der Waals surface area (Å²) >= 11 is 0. The molecule has 0 aliphatic carbocycles. The van der Waals surface area contributed by atoms with Crippen molar-refractivity contribution in [3.05, 3.63) is 0 Å². The molecule has 2 rings (SSSR count). The van der Waals surface area contributed by atoms with Gasteiger partial charge in [-0.05, 0) is 39.5 Å². The fraction of sp³-hybridized carbons (Fsp3) is 0.929. The Bertz CT molecular complexity index is 321. The molecule has 0 spiro atoms. The molecule has 0 radical (unpaired) electrons. The van der Waals surface area contributed by atoms with Gasteiger partial charge in [0.05, 0.1) is 18.1 Å². The van der Waals surface area contributed by atoms with Crippen LogP contribution in [0.2, 0.25) is 0 Å². The molecule has 1 amide bonds. The van der Waals surface area contributed by atoms with Crippen molar-refractivity contribution in [1.82, 2.24) is 4.90 Å². The van der Waals surface area contributed by atoms with Crippen molar-refractivity contribution in [3.8, 4) is 0 Å². The topological polar surface area (TPSA) is 55.6 Å². The maximum Gasteiger partial charge on any atom is 0.228 e. The molecule has 0 aromatic rings. The van der Waals surface area contributed by atoms with Crippen molar-refractivity contribution in [3.63, 3.8) is 0 Å². The fourth-order valence-electron chi connectivity index (χ4n) is 3.42. The summed E-state index contributed by atoms with van der Waals surface area (Å²) in [6.45, 7) is 9.10. The molecule has 2 saturated heterocycles. The normalized spacial score (nSPS) is 45.3. The van der Waals surface area contributed by atoms with Gasteiger partial charge in [0, 0.05) is 18.6 Å². The quantitative estimate of drug-likeness (QED) is 0.769. The van der Waals surface area contributed by atoms with Gasteiger partial charge in [-0.2, -0.15) is 0 Å². The van der Waals surface area contributed by atoms with Crippen LogP contribution in [0.4, 0.5) is 0 Å². The Morgan fingerprint density at radius 1 is 1.22 bits per heavy atom. The predicted molar refractivity (Wildman–Crippen MR) is 71.0 cm³/mol. The van der Waals surface area contributed by atoms with E-state index in [2.05, 4.69) is 20.8 Å². The van der Waals surface area contributed by atoms with Gasteiger partial charge in [0.2, 0.25) is 5.91 Å². The van der Waals surface area contributed by atoms with E-state index in [1.54, 1.807) is 0 Å². The van der Waals surface area contributed by atoms with Crippen molar-refractivity contribution in [2.45, 2.75) is 64.8 Å². The third-order valence-corrected chi connectivity index (χ3v) is 4.73. The maximum absolute atomic E-state index is 12.7. The number of hydrogen-bond acceptors (Lipinski definition) is 3. The maximum atomic E-state index is 12.7. The van der Waals surface area contributed by atoms with Gasteiger partial charge in [-0.1, -0.05) is 6.92 Å². The van der Waals surface area contributed by atoms with E-state index in [1.165, 1.54) is 0 Å². The van der Waals surface area contributed by atoms with Crippen LogP contribution in [-0.4, -0.2) is 41.6 Å². The Kier molecular flexibility index (Phi) is 3.97. The van der Waals surface area contributed by atoms with Crippen LogP contribution in [0.5, 0.6) is 0 Å². The number of piperidine rings is 1. The Hall–Kier alpha value is -0.610. The molecule has 18 heavy (non-hydrogen) atoms. The molecule has 4 heteroatoms. The zero-order valence-electron chi connectivity index (χ0n) is 11.9. The smallest absolute Gasteiger partial charge is 0.228 e. The molecule has 104 valence electrons. The first-order chi connectivity index (χ1) is 8.41. The Labute approximate surface area is 110 Å². The van der Waals surface area contributed by atoms with Crippen LogP contribution in [0, 0.1) is 11.8 Å². The second kappa shape index (κ2) is 5.17. The van der Waals surface area contributed by atoms with Crippen molar-refractivity contribution < 1.29 is 9.53 Å². The van der Waals surface area contributed by atoms with E-state index in [9.17, 15) is 4.79 Å². The van der Waals surface area contributed by atoms with Crippen LogP contribution < -0.4 is 5.73 Å². The highest BCUT2D eigenvalue weighted by atomic mass is 16.5. The van der Waals surface area contributed by atoms with E-state index >= 15 is 0 Å². The molecule has 2 fully saturated rings. The molecule has 2 aliphatic heterocycles. The van der Waals surface area contributed by atoms with Gasteiger partial charge in [0.15, 0.2) is 0 Å². The van der Waals surface area contributed by atoms with Gasteiger partial charge in [0.25, 0.3) is 0 Å². The molecule has 0 saturated carbocycles. The summed E-state index contributed by atoms with van der Waals surface area (Å²) in [5.41, 5.74) is 5.95. The minimum absolute atomic E-state index is 0.0109. The molecular weight excluding hydrogens is 228 g/mol. The fourth-order valence-corrected chi connectivity index (χ4v) is 3.42. The summed E-state index contributed by atoms with van der Waals surface area (Å²) in [6.07, 6.45) is 2.04. The van der Waals surface area contributed by atoms with E-state index in [0.717, 1.165) is 19.4 Å². The summed E-state index contributed by atoms with van der Waals surface area (Å²) in [5.74, 6) is 0.575. The van der Waals surface area contributed by atoms with E-state index in [1.807, 2.05) is 11.8 Å². The lowest BCUT2D eigenvalue weighted by molar-refractivity contribution is -0.141. The first kappa shape index (κ1) is 13.8. The number of amides is 1. The average molecular weight is 254 g/mol. The highest BCUT2D eigenvalue weighted by Crippen LogP contribution is 2.34. The lowest BCUT2D eigenvalue weighted by atomic mass is 9.87. The average Bonchev–Trinajstić information content (AvgIpc) is 2.52. The van der Waals surface area contributed by atoms with Gasteiger partial charge in [0.1, 0.15) is 0 Å². The summed E-state index contributed by atoms with van der Waals surface area (Å²) in [5, 5.41) is 0. The number of ether oxygens (including phenoxy) is 1. The molecule has 2 aliphatic rings. The summed E-state index contributed by atoms with van der Waals surface area (Å²) in [6, 6.07) is 0.509. The van der Waals surface area contributed by atoms with Crippen LogP contribution in [0.3, 0.4) is 0 Å². The van der Waals surface area contributed by atoms with Crippen LogP contribution in [0.1, 0.15) is 40.5 Å². The first-order valence-corrected chi connectivity index (χ1v) is 7.13. The van der Waals surface area contributed by atoms with Crippen LogP contribution >= 0.6 is 0 Å². The second-order valence-corrected chi connectivity index (χ2v) is 6.10. The molecule has 4 nitrogen and oxygen atoms in total. The van der Waals surface area contributed by atoms with E-state index in [0.29, 0.717) is 5.92 Å². The van der Waals surface area contributed by atoms with E-state index in [4.69, 9.17) is 10.5 Å². The Morgan fingerprint density at radius 3 is 2.39 bits per heavy atom. The second-order valence-electron chi connectivity index (χ2n) is 6.10. The molecule has 6 unspecified atom stereocenters. The minimum Gasteiger partial charge on any atom is -0.374 e. The summed E-state index contributed by atoms with van der Waals surface area (Å²) < 4.78 is 5.78. The zero-order chi connectivity index (χ0) is 13.4. The standard InChI is InChI=1S/C14H26N2O2/c1-8-7-12(15)5-6-16(8)14(17)13-9(2)10(3)18-11(13)4/h8-13H,5-7,15H2,1-4H3. The number of nitrogens with zero attached hydrogens (tertiary/aromatic N) is 1. The third-order valence-electron chi connectivity index (χ3n) is 4.73. The number of hydrogen-bond donors (Lipinski definition) is 1. The molecule has 0 aromatic heterocycles. The SMILES string of the molecule is CC1OC(C)C(C(=O)N2CCC(N)CC2C)C1C. The van der Waals surface area contributed by atoms with Crippen molar-refractivity contribution in [1.29, 1.82) is 0 Å². The summed E-state index contributed by atoms with van der Waals surface area (Å²) in [4.78, 5) is 14.7. The largest absolute Gasteiger partial charge is 0.374 e. The zero-order valence-corrected chi connectivity index (χ0v) is 11.9. The predicted octanol–water partition coefficient (Wildman–Crippen LogP) is 1.38. The Morgan fingerprint density at radius 2 is 1.89 bits per heavy atom. The number of carbonyl (C=O) groups is 1. The minimum atomic E-state index is 0.0109. The van der Waals surface area contributed by atoms with Crippen molar-refractivity contribution in [2.24, 2.45) is 17.6 Å². The monoisotopic (exact) mass is 254 g/mol. The van der Waals surface area contributed by atoms with Gasteiger partial charge < -0.3 is 15.4 Å². The lowest BCUT2D eigenvalue weighted by Crippen LogP contribution is -2.51. The molecule has 2 N–H and O–H groups in total. The van der Waals surface area contributed by atoms with Gasteiger partial charge in [-0.3, -0.25) is 4.79 Å². The summed E-state index contributed by atoms with van der Waals surface area (Å²) in [7, 11) is 0. The first-order valence-electron chi connectivity index (χ1n) is 7.13. The number of likely N-dealkylation sites (tertiary alicyclic amines) is 1. The van der Waals surface area contributed by atoms with E-state index in [-0.39, 0.29) is 36.1 Å². The van der Waals surface area contributed by atoms with Crippen LogP contribution in [0.15, 0.2) is 0 Å². The van der Waals surface area contributed by atoms with Crippen LogP contribution in [-0.2, 0) is 9.53 Å². The molecular formula is C14H26N2O2. The van der Waals surface area contributed by atoms with Crippen LogP contribution in [0.25, 0.3) is 0 Å².